The Morgan fingerprint density at radius 2 is 1.87 bits per heavy atom. The number of benzene rings is 1. The summed E-state index contributed by atoms with van der Waals surface area (Å²) in [4.78, 5) is 8.55. The zero-order valence-corrected chi connectivity index (χ0v) is 14.0. The Morgan fingerprint density at radius 3 is 2.65 bits per heavy atom. The molecule has 0 saturated carbocycles. The van der Waals surface area contributed by atoms with E-state index in [2.05, 4.69) is 32.7 Å². The maximum absolute atomic E-state index is 5.31. The Balaban J connectivity index is 1.49. The first-order chi connectivity index (χ1) is 11.3. The predicted molar refractivity (Wildman–Crippen MR) is 99.7 cm³/mol. The minimum absolute atomic E-state index is 0.594. The van der Waals surface area contributed by atoms with Crippen molar-refractivity contribution in [3.63, 3.8) is 0 Å². The molecule has 1 aromatic carbocycles. The quantitative estimate of drug-likeness (QED) is 0.693. The molecule has 23 heavy (non-hydrogen) atoms. The molecule has 0 unspecified atom stereocenters. The smallest absolute Gasteiger partial charge is 0.189 e. The second-order valence-electron chi connectivity index (χ2n) is 4.89. The Labute approximate surface area is 144 Å². The van der Waals surface area contributed by atoms with Crippen LogP contribution in [0.5, 0.6) is 0 Å². The molecular weight excluding hydrogens is 324 g/mol. The minimum atomic E-state index is 0.594. The molecule has 0 aliphatic heterocycles. The predicted octanol–water partition coefficient (Wildman–Crippen LogP) is 3.73. The van der Waals surface area contributed by atoms with Crippen LogP contribution in [0.25, 0.3) is 11.3 Å². The van der Waals surface area contributed by atoms with Crippen LogP contribution in [0.3, 0.4) is 0 Å². The standard InChI is InChI=1S/C17H16N4S2/c22-16(19-11-6-13-4-2-1-3-5-13)21-17-20-15(12-23-17)14-7-9-18-10-8-14/h1-5,7-10,12H,6,11H2,(H2,19,20,21,22). The van der Waals surface area contributed by atoms with Gasteiger partial charge in [0.15, 0.2) is 10.2 Å². The third kappa shape index (κ3) is 4.58. The first-order valence-corrected chi connectivity index (χ1v) is 8.55. The lowest BCUT2D eigenvalue weighted by atomic mass is 10.1. The van der Waals surface area contributed by atoms with Crippen molar-refractivity contribution >= 4 is 33.8 Å². The highest BCUT2D eigenvalue weighted by Crippen LogP contribution is 2.24. The third-order valence-electron chi connectivity index (χ3n) is 3.24. The fourth-order valence-electron chi connectivity index (χ4n) is 2.09. The average Bonchev–Trinajstić information content (AvgIpc) is 3.05. The lowest BCUT2D eigenvalue weighted by Crippen LogP contribution is -2.30. The van der Waals surface area contributed by atoms with Crippen LogP contribution < -0.4 is 10.6 Å². The molecule has 0 saturated heterocycles. The fraction of sp³-hybridized carbons (Fsp3) is 0.118. The van der Waals surface area contributed by atoms with Crippen molar-refractivity contribution in [1.82, 2.24) is 15.3 Å². The van der Waals surface area contributed by atoms with Crippen molar-refractivity contribution in [3.05, 3.63) is 65.8 Å². The first kappa shape index (κ1) is 15.6. The number of thiazole rings is 1. The second kappa shape index (κ2) is 7.80. The van der Waals surface area contributed by atoms with E-state index < -0.39 is 0 Å². The topological polar surface area (TPSA) is 49.8 Å². The highest BCUT2D eigenvalue weighted by atomic mass is 32.1. The molecule has 0 aliphatic carbocycles. The summed E-state index contributed by atoms with van der Waals surface area (Å²) in [5, 5.41) is 9.72. The molecule has 3 rings (SSSR count). The molecule has 0 spiro atoms. The van der Waals surface area contributed by atoms with Gasteiger partial charge in [-0.05, 0) is 36.3 Å². The van der Waals surface area contributed by atoms with Gasteiger partial charge in [0, 0.05) is 29.9 Å². The van der Waals surface area contributed by atoms with Crippen molar-refractivity contribution < 1.29 is 0 Å². The fourth-order valence-corrected chi connectivity index (χ4v) is 3.08. The van der Waals surface area contributed by atoms with Gasteiger partial charge < -0.3 is 10.6 Å². The van der Waals surface area contributed by atoms with E-state index in [-0.39, 0.29) is 0 Å². The number of pyridine rings is 1. The number of thiocarbonyl (C=S) groups is 1. The zero-order chi connectivity index (χ0) is 15.9. The van der Waals surface area contributed by atoms with E-state index >= 15 is 0 Å². The number of hydrogen-bond donors (Lipinski definition) is 2. The SMILES string of the molecule is S=C(NCCc1ccccc1)Nc1nc(-c2ccncc2)cs1. The van der Waals surface area contributed by atoms with Gasteiger partial charge in [-0.1, -0.05) is 30.3 Å². The van der Waals surface area contributed by atoms with Crippen LogP contribution in [0.2, 0.25) is 0 Å². The largest absolute Gasteiger partial charge is 0.362 e. The van der Waals surface area contributed by atoms with E-state index in [0.717, 1.165) is 29.4 Å². The van der Waals surface area contributed by atoms with Gasteiger partial charge in [-0.25, -0.2) is 4.98 Å². The number of aromatic nitrogens is 2. The summed E-state index contributed by atoms with van der Waals surface area (Å²) in [6.07, 6.45) is 4.46. The van der Waals surface area contributed by atoms with Gasteiger partial charge in [0.25, 0.3) is 0 Å². The highest BCUT2D eigenvalue weighted by Gasteiger charge is 2.05. The lowest BCUT2D eigenvalue weighted by molar-refractivity contribution is 0.873. The molecule has 0 radical (unpaired) electrons. The summed E-state index contributed by atoms with van der Waals surface area (Å²) in [6, 6.07) is 14.2. The molecule has 0 fully saturated rings. The van der Waals surface area contributed by atoms with Crippen LogP contribution in [0.15, 0.2) is 60.2 Å². The molecular formula is C17H16N4S2. The molecule has 3 aromatic rings. The molecule has 0 amide bonds. The van der Waals surface area contributed by atoms with Crippen molar-refractivity contribution in [2.45, 2.75) is 6.42 Å². The van der Waals surface area contributed by atoms with Crippen LogP contribution in [0, 0.1) is 0 Å². The lowest BCUT2D eigenvalue weighted by Gasteiger charge is -2.08. The maximum Gasteiger partial charge on any atom is 0.189 e. The van der Waals surface area contributed by atoms with Crippen molar-refractivity contribution in [1.29, 1.82) is 0 Å². The van der Waals surface area contributed by atoms with Gasteiger partial charge in [0.1, 0.15) is 0 Å². The van der Waals surface area contributed by atoms with E-state index in [1.165, 1.54) is 16.9 Å². The zero-order valence-electron chi connectivity index (χ0n) is 12.4. The van der Waals surface area contributed by atoms with Crippen LogP contribution in [-0.4, -0.2) is 21.6 Å². The van der Waals surface area contributed by atoms with Gasteiger partial charge in [0.2, 0.25) is 0 Å². The normalized spacial score (nSPS) is 10.3. The number of nitrogens with zero attached hydrogens (tertiary/aromatic N) is 2. The summed E-state index contributed by atoms with van der Waals surface area (Å²) >= 11 is 6.84. The third-order valence-corrected chi connectivity index (χ3v) is 4.25. The molecule has 4 nitrogen and oxygen atoms in total. The van der Waals surface area contributed by atoms with E-state index in [0.29, 0.717) is 5.11 Å². The van der Waals surface area contributed by atoms with E-state index in [1.807, 2.05) is 35.7 Å². The Kier molecular flexibility index (Phi) is 5.29. The molecule has 2 N–H and O–H groups in total. The van der Waals surface area contributed by atoms with Gasteiger partial charge in [-0.3, -0.25) is 4.98 Å². The molecule has 2 heterocycles. The summed E-state index contributed by atoms with van der Waals surface area (Å²) < 4.78 is 0. The van der Waals surface area contributed by atoms with Crippen LogP contribution >= 0.6 is 23.6 Å². The Morgan fingerprint density at radius 1 is 1.09 bits per heavy atom. The number of nitrogens with one attached hydrogen (secondary N) is 2. The van der Waals surface area contributed by atoms with Crippen LogP contribution in [0.4, 0.5) is 5.13 Å². The van der Waals surface area contributed by atoms with Gasteiger partial charge in [-0.15, -0.1) is 11.3 Å². The Hall–Kier alpha value is -2.31. The number of hydrogen-bond acceptors (Lipinski definition) is 4. The summed E-state index contributed by atoms with van der Waals surface area (Å²) in [5.41, 5.74) is 3.26. The molecule has 116 valence electrons. The first-order valence-electron chi connectivity index (χ1n) is 7.26. The summed E-state index contributed by atoms with van der Waals surface area (Å²) in [5.74, 6) is 0. The molecule has 2 aromatic heterocycles. The van der Waals surface area contributed by atoms with Crippen molar-refractivity contribution in [2.24, 2.45) is 0 Å². The van der Waals surface area contributed by atoms with Crippen LogP contribution in [0.1, 0.15) is 5.56 Å². The van der Waals surface area contributed by atoms with Crippen LogP contribution in [-0.2, 0) is 6.42 Å². The van der Waals surface area contributed by atoms with Gasteiger partial charge in [0.05, 0.1) is 5.69 Å². The van der Waals surface area contributed by atoms with E-state index in [4.69, 9.17) is 12.2 Å². The van der Waals surface area contributed by atoms with Crippen molar-refractivity contribution in [3.8, 4) is 11.3 Å². The van der Waals surface area contributed by atoms with E-state index in [1.54, 1.807) is 12.4 Å². The molecule has 0 atom stereocenters. The summed E-state index contributed by atoms with van der Waals surface area (Å²) in [6.45, 7) is 0.790. The van der Waals surface area contributed by atoms with E-state index in [9.17, 15) is 0 Å². The molecule has 6 heteroatoms. The maximum atomic E-state index is 5.31. The molecule has 0 bridgehead atoms. The second-order valence-corrected chi connectivity index (χ2v) is 6.16. The van der Waals surface area contributed by atoms with Gasteiger partial charge >= 0.3 is 0 Å². The number of anilines is 1. The summed E-state index contributed by atoms with van der Waals surface area (Å²) in [7, 11) is 0. The van der Waals surface area contributed by atoms with Crippen molar-refractivity contribution in [2.75, 3.05) is 11.9 Å². The highest BCUT2D eigenvalue weighted by molar-refractivity contribution is 7.80. The average molecular weight is 340 g/mol. The van der Waals surface area contributed by atoms with Gasteiger partial charge in [-0.2, -0.15) is 0 Å². The molecule has 0 aliphatic rings. The Bertz CT molecular complexity index is 757. The number of rotatable bonds is 5. The monoisotopic (exact) mass is 340 g/mol. The minimum Gasteiger partial charge on any atom is -0.362 e.